The van der Waals surface area contributed by atoms with Gasteiger partial charge in [-0.15, -0.1) is 10.2 Å². The molecule has 2 N–H and O–H groups in total. The molecule has 8 heteroatoms. The number of hydrogen-bond acceptors (Lipinski definition) is 5. The number of carbonyl (C=O) groups excluding carboxylic acids is 1. The first-order valence-electron chi connectivity index (χ1n) is 8.50. The first kappa shape index (κ1) is 17.9. The van der Waals surface area contributed by atoms with E-state index in [4.69, 9.17) is 11.6 Å². The predicted molar refractivity (Wildman–Crippen MR) is 108 cm³/mol. The molecule has 0 unspecified atom stereocenters. The number of nitrogens with zero attached hydrogens (tertiary/aromatic N) is 3. The molecule has 0 radical (unpaired) electrons. The summed E-state index contributed by atoms with van der Waals surface area (Å²) >= 11 is 7.59. The Bertz CT molecular complexity index is 988. The lowest BCUT2D eigenvalue weighted by atomic mass is 10.0. The highest BCUT2D eigenvalue weighted by atomic mass is 35.5. The molecule has 1 amide bonds. The number of nitrogens with one attached hydrogen (secondary N) is 2. The number of aromatic nitrogens is 3. The number of benzene rings is 2. The number of halogens is 1. The molecule has 0 bridgehead atoms. The monoisotopic (exact) mass is 399 g/mol. The summed E-state index contributed by atoms with van der Waals surface area (Å²) in [5, 5.41) is 11.9. The van der Waals surface area contributed by atoms with Gasteiger partial charge in [0.05, 0.1) is 16.8 Å². The van der Waals surface area contributed by atoms with E-state index >= 15 is 0 Å². The van der Waals surface area contributed by atoms with Crippen LogP contribution < -0.4 is 10.7 Å². The number of aryl methyl sites for hydroxylation is 2. The molecule has 27 heavy (non-hydrogen) atoms. The van der Waals surface area contributed by atoms with Crippen molar-refractivity contribution in [2.24, 2.45) is 0 Å². The number of fused-ring (bicyclic) bond motifs is 1. The number of anilines is 1. The van der Waals surface area contributed by atoms with Gasteiger partial charge < -0.3 is 10.7 Å². The highest BCUT2D eigenvalue weighted by molar-refractivity contribution is 8.00. The smallest absolute Gasteiger partial charge is 0.240 e. The van der Waals surface area contributed by atoms with E-state index in [1.54, 1.807) is 12.1 Å². The second-order valence-corrected chi connectivity index (χ2v) is 7.91. The molecule has 3 aromatic rings. The van der Waals surface area contributed by atoms with E-state index in [9.17, 15) is 4.79 Å². The molecule has 0 saturated carbocycles. The zero-order valence-corrected chi connectivity index (χ0v) is 16.4. The summed E-state index contributed by atoms with van der Waals surface area (Å²) in [6.45, 7) is 3.91. The van der Waals surface area contributed by atoms with Crippen molar-refractivity contribution in [3.05, 3.63) is 70.5 Å². The second kappa shape index (κ2) is 7.25. The normalized spacial score (nSPS) is 18.5. The Morgan fingerprint density at radius 3 is 2.63 bits per heavy atom. The topological polar surface area (TPSA) is 71.8 Å². The molecule has 0 saturated heterocycles. The molecule has 1 aliphatic rings. The summed E-state index contributed by atoms with van der Waals surface area (Å²) in [6.07, 6.45) is 0. The van der Waals surface area contributed by atoms with Crippen LogP contribution in [0.5, 0.6) is 0 Å². The van der Waals surface area contributed by atoms with Crippen LogP contribution in [-0.2, 0) is 4.79 Å². The fourth-order valence-electron chi connectivity index (χ4n) is 2.95. The maximum absolute atomic E-state index is 13.1. The maximum atomic E-state index is 13.1. The minimum absolute atomic E-state index is 0.141. The molecule has 6 nitrogen and oxygen atoms in total. The van der Waals surface area contributed by atoms with Crippen molar-refractivity contribution in [3.63, 3.8) is 0 Å². The molecule has 0 fully saturated rings. The summed E-state index contributed by atoms with van der Waals surface area (Å²) < 4.78 is 1.83. The van der Waals surface area contributed by atoms with Gasteiger partial charge in [0.1, 0.15) is 11.1 Å². The minimum atomic E-state index is -0.430. The molecule has 138 valence electrons. The lowest BCUT2D eigenvalue weighted by molar-refractivity contribution is -0.116. The highest BCUT2D eigenvalue weighted by Gasteiger charge is 2.37. The number of amides is 1. The fourth-order valence-corrected chi connectivity index (χ4v) is 4.26. The molecule has 4 rings (SSSR count). The number of rotatable bonds is 3. The molecule has 1 aromatic heterocycles. The second-order valence-electron chi connectivity index (χ2n) is 6.39. The van der Waals surface area contributed by atoms with Gasteiger partial charge in [-0.1, -0.05) is 65.3 Å². The van der Waals surface area contributed by atoms with Gasteiger partial charge in [0.25, 0.3) is 0 Å². The van der Waals surface area contributed by atoms with Crippen LogP contribution in [-0.4, -0.2) is 26.0 Å². The Morgan fingerprint density at radius 1 is 1.15 bits per heavy atom. The molecular formula is C19H18ClN5OS. The molecule has 0 spiro atoms. The lowest BCUT2D eigenvalue weighted by Crippen LogP contribution is -2.41. The van der Waals surface area contributed by atoms with Gasteiger partial charge in [0.2, 0.25) is 11.1 Å². The third kappa shape index (κ3) is 3.52. The number of para-hydroxylation sites is 1. The Labute approximate surface area is 166 Å². The summed E-state index contributed by atoms with van der Waals surface area (Å²) in [4.78, 5) is 13.1. The average molecular weight is 400 g/mol. The van der Waals surface area contributed by atoms with E-state index in [0.29, 0.717) is 15.9 Å². The van der Waals surface area contributed by atoms with Gasteiger partial charge in [0, 0.05) is 0 Å². The van der Waals surface area contributed by atoms with E-state index in [-0.39, 0.29) is 11.9 Å². The zero-order valence-electron chi connectivity index (χ0n) is 14.8. The Hall–Kier alpha value is -2.51. The molecule has 0 aliphatic carbocycles. The van der Waals surface area contributed by atoms with Crippen molar-refractivity contribution in [2.45, 2.75) is 30.3 Å². The van der Waals surface area contributed by atoms with Crippen molar-refractivity contribution < 1.29 is 4.79 Å². The first-order valence-corrected chi connectivity index (χ1v) is 9.76. The third-order valence-corrected chi connectivity index (χ3v) is 5.97. The fraction of sp³-hybridized carbons (Fsp3) is 0.211. The van der Waals surface area contributed by atoms with Gasteiger partial charge >= 0.3 is 0 Å². The average Bonchev–Trinajstić information content (AvgIpc) is 3.03. The Kier molecular flexibility index (Phi) is 4.80. The van der Waals surface area contributed by atoms with E-state index < -0.39 is 5.25 Å². The van der Waals surface area contributed by atoms with Crippen LogP contribution >= 0.6 is 23.4 Å². The van der Waals surface area contributed by atoms with Crippen molar-refractivity contribution in [1.29, 1.82) is 0 Å². The van der Waals surface area contributed by atoms with Crippen molar-refractivity contribution in [2.75, 3.05) is 10.7 Å². The Balaban J connectivity index is 1.68. The van der Waals surface area contributed by atoms with Crippen LogP contribution in [0.3, 0.4) is 0 Å². The molecule has 1 aliphatic heterocycles. The Morgan fingerprint density at radius 2 is 1.89 bits per heavy atom. The van der Waals surface area contributed by atoms with E-state index in [2.05, 4.69) is 20.9 Å². The summed E-state index contributed by atoms with van der Waals surface area (Å²) in [5.74, 6) is 0.609. The van der Waals surface area contributed by atoms with E-state index in [1.807, 2.05) is 54.9 Å². The van der Waals surface area contributed by atoms with Crippen LogP contribution in [0.4, 0.5) is 5.69 Å². The molecule has 2 aromatic carbocycles. The van der Waals surface area contributed by atoms with Crippen LogP contribution in [0.15, 0.2) is 53.7 Å². The van der Waals surface area contributed by atoms with Gasteiger partial charge in [0.15, 0.2) is 0 Å². The summed E-state index contributed by atoms with van der Waals surface area (Å²) in [7, 11) is 0. The van der Waals surface area contributed by atoms with Crippen LogP contribution in [0.1, 0.15) is 23.0 Å². The number of thioether (sulfide) groups is 1. The van der Waals surface area contributed by atoms with Crippen molar-refractivity contribution in [3.8, 4) is 0 Å². The van der Waals surface area contributed by atoms with Gasteiger partial charge in [-0.25, -0.2) is 4.68 Å². The first-order chi connectivity index (χ1) is 13.0. The highest BCUT2D eigenvalue weighted by Crippen LogP contribution is 2.37. The van der Waals surface area contributed by atoms with Gasteiger partial charge in [-0.3, -0.25) is 4.79 Å². The molecule has 2 heterocycles. The molecule has 2 atom stereocenters. The van der Waals surface area contributed by atoms with Crippen molar-refractivity contribution >= 4 is 35.0 Å². The zero-order chi connectivity index (χ0) is 19.0. The van der Waals surface area contributed by atoms with Crippen LogP contribution in [0.2, 0.25) is 5.02 Å². The van der Waals surface area contributed by atoms with Crippen molar-refractivity contribution in [1.82, 2.24) is 14.9 Å². The van der Waals surface area contributed by atoms with E-state index in [0.717, 1.165) is 11.4 Å². The third-order valence-electron chi connectivity index (χ3n) is 4.43. The quantitative estimate of drug-likeness (QED) is 0.697. The van der Waals surface area contributed by atoms with Gasteiger partial charge in [-0.2, -0.15) is 0 Å². The SMILES string of the molecule is Cc1ccc([C@@H]2Nn3c(C)nnc3S[C@H]2C(=O)Nc2ccccc2Cl)cc1. The lowest BCUT2D eigenvalue weighted by Gasteiger charge is -2.32. The number of carbonyl (C=O) groups is 1. The summed E-state index contributed by atoms with van der Waals surface area (Å²) in [5.41, 5.74) is 6.17. The standard InChI is InChI=1S/C19H18ClN5OS/c1-11-7-9-13(10-8-11)16-17(27-19-23-22-12(2)25(19)24-16)18(26)21-15-6-4-3-5-14(15)20/h3-10,16-17,24H,1-2H3,(H,21,26)/t16-,17+/m0/s1. The van der Waals surface area contributed by atoms with Gasteiger partial charge in [-0.05, 0) is 31.5 Å². The molecular weight excluding hydrogens is 382 g/mol. The van der Waals surface area contributed by atoms with E-state index in [1.165, 1.54) is 17.3 Å². The number of hydrogen-bond donors (Lipinski definition) is 2. The maximum Gasteiger partial charge on any atom is 0.240 e. The summed E-state index contributed by atoms with van der Waals surface area (Å²) in [6, 6.07) is 15.1. The largest absolute Gasteiger partial charge is 0.324 e. The van der Waals surface area contributed by atoms with Crippen LogP contribution in [0, 0.1) is 13.8 Å². The minimum Gasteiger partial charge on any atom is -0.324 e. The predicted octanol–water partition coefficient (Wildman–Crippen LogP) is 3.95. The van der Waals surface area contributed by atoms with Crippen LogP contribution in [0.25, 0.3) is 0 Å².